The van der Waals surface area contributed by atoms with E-state index in [-0.39, 0.29) is 23.8 Å². The minimum atomic E-state index is -0.130. The quantitative estimate of drug-likeness (QED) is 0.406. The second-order valence-corrected chi connectivity index (χ2v) is 4.69. The van der Waals surface area contributed by atoms with Crippen molar-refractivity contribution in [2.75, 3.05) is 0 Å². The predicted molar refractivity (Wildman–Crippen MR) is 72.9 cm³/mol. The van der Waals surface area contributed by atoms with Crippen molar-refractivity contribution < 1.29 is 0 Å². The van der Waals surface area contributed by atoms with Crippen LogP contribution < -0.4 is 11.2 Å². The number of nitrogens with zero attached hydrogens (tertiary/aromatic N) is 1. The topological polar surface area (TPSA) is 74.3 Å². The molecule has 0 spiro atoms. The van der Waals surface area contributed by atoms with Crippen LogP contribution >= 0.6 is 12.4 Å². The molecule has 0 atom stereocenters. The predicted octanol–water partition coefficient (Wildman–Crippen LogP) is 1.98. The summed E-state index contributed by atoms with van der Waals surface area (Å²) >= 11 is 0. The fourth-order valence-corrected chi connectivity index (χ4v) is 2.16. The molecule has 0 aliphatic heterocycles. The van der Waals surface area contributed by atoms with E-state index in [1.54, 1.807) is 0 Å². The Balaban J connectivity index is 0.00000144. The minimum absolute atomic E-state index is 0. The van der Waals surface area contributed by atoms with Crippen LogP contribution in [0.2, 0.25) is 0 Å². The zero-order valence-corrected chi connectivity index (χ0v) is 10.8. The molecule has 2 rings (SSSR count). The van der Waals surface area contributed by atoms with Crippen LogP contribution in [0, 0.1) is 5.41 Å². The molecule has 4 N–H and O–H groups in total. The molecule has 0 aromatic heterocycles. The van der Waals surface area contributed by atoms with Gasteiger partial charge < -0.3 is 5.73 Å². The molecule has 0 radical (unpaired) electrons. The molecule has 0 saturated heterocycles. The Bertz CT molecular complexity index is 465. The molecule has 1 aromatic carbocycles. The SMILES string of the molecule is CC1(C)CC(=NNC(=N)N)c2ccccc21.Cl. The highest BCUT2D eigenvalue weighted by Crippen LogP contribution is 2.38. The number of rotatable bonds is 1. The maximum absolute atomic E-state index is 7.10. The maximum atomic E-state index is 7.10. The van der Waals surface area contributed by atoms with E-state index in [0.29, 0.717) is 0 Å². The highest BCUT2D eigenvalue weighted by atomic mass is 35.5. The number of hydrogen-bond acceptors (Lipinski definition) is 2. The first-order chi connectivity index (χ1) is 7.50. The van der Waals surface area contributed by atoms with Gasteiger partial charge in [0, 0.05) is 12.0 Å². The van der Waals surface area contributed by atoms with Crippen molar-refractivity contribution in [2.24, 2.45) is 10.8 Å². The van der Waals surface area contributed by atoms with E-state index in [2.05, 4.69) is 36.5 Å². The molecule has 0 heterocycles. The Hall–Kier alpha value is -1.55. The Kier molecular flexibility index (Phi) is 3.78. The Labute approximate surface area is 107 Å². The third-order valence-electron chi connectivity index (χ3n) is 2.89. The molecule has 0 fully saturated rings. The van der Waals surface area contributed by atoms with E-state index in [1.165, 1.54) is 5.56 Å². The molecule has 4 nitrogen and oxygen atoms in total. The van der Waals surface area contributed by atoms with Gasteiger partial charge in [0.2, 0.25) is 5.96 Å². The van der Waals surface area contributed by atoms with E-state index < -0.39 is 0 Å². The minimum Gasteiger partial charge on any atom is -0.369 e. The van der Waals surface area contributed by atoms with Crippen molar-refractivity contribution in [3.8, 4) is 0 Å². The molecule has 0 unspecified atom stereocenters. The Morgan fingerprint density at radius 1 is 1.41 bits per heavy atom. The van der Waals surface area contributed by atoms with Crippen LogP contribution in [0.15, 0.2) is 29.4 Å². The third kappa shape index (κ3) is 2.58. The van der Waals surface area contributed by atoms with Crippen molar-refractivity contribution in [3.63, 3.8) is 0 Å². The van der Waals surface area contributed by atoms with E-state index in [9.17, 15) is 0 Å². The summed E-state index contributed by atoms with van der Waals surface area (Å²) in [6, 6.07) is 8.24. The molecule has 1 aromatic rings. The second-order valence-electron chi connectivity index (χ2n) is 4.69. The van der Waals surface area contributed by atoms with Gasteiger partial charge in [0.25, 0.3) is 0 Å². The second kappa shape index (κ2) is 4.75. The molecule has 0 saturated carbocycles. The summed E-state index contributed by atoms with van der Waals surface area (Å²) in [6.07, 6.45) is 0.868. The molecule has 17 heavy (non-hydrogen) atoms. The monoisotopic (exact) mass is 252 g/mol. The highest BCUT2D eigenvalue weighted by molar-refractivity contribution is 6.06. The first kappa shape index (κ1) is 13.5. The number of nitrogens with two attached hydrogens (primary N) is 1. The van der Waals surface area contributed by atoms with E-state index in [4.69, 9.17) is 11.1 Å². The van der Waals surface area contributed by atoms with Crippen LogP contribution in [0.4, 0.5) is 0 Å². The van der Waals surface area contributed by atoms with E-state index in [0.717, 1.165) is 17.7 Å². The summed E-state index contributed by atoms with van der Waals surface area (Å²) in [5.74, 6) is -0.130. The highest BCUT2D eigenvalue weighted by Gasteiger charge is 2.33. The summed E-state index contributed by atoms with van der Waals surface area (Å²) in [4.78, 5) is 0. The number of halogens is 1. The lowest BCUT2D eigenvalue weighted by Crippen LogP contribution is -2.26. The summed E-state index contributed by atoms with van der Waals surface area (Å²) in [6.45, 7) is 4.39. The number of guanidine groups is 1. The summed E-state index contributed by atoms with van der Waals surface area (Å²) in [5, 5.41) is 11.3. The van der Waals surface area contributed by atoms with E-state index in [1.807, 2.05) is 12.1 Å². The van der Waals surface area contributed by atoms with Gasteiger partial charge in [0.1, 0.15) is 0 Å². The number of fused-ring (bicyclic) bond motifs is 1. The Morgan fingerprint density at radius 2 is 2.06 bits per heavy atom. The number of hydrogen-bond donors (Lipinski definition) is 3. The molecule has 1 aliphatic carbocycles. The van der Waals surface area contributed by atoms with Gasteiger partial charge in [-0.15, -0.1) is 12.4 Å². The third-order valence-corrected chi connectivity index (χ3v) is 2.89. The molecular formula is C12H17ClN4. The lowest BCUT2D eigenvalue weighted by molar-refractivity contribution is 0.567. The first-order valence-electron chi connectivity index (χ1n) is 5.27. The lowest BCUT2D eigenvalue weighted by atomic mass is 9.87. The average Bonchev–Trinajstić information content (AvgIpc) is 2.49. The van der Waals surface area contributed by atoms with Crippen molar-refractivity contribution in [1.29, 1.82) is 5.41 Å². The lowest BCUT2D eigenvalue weighted by Gasteiger charge is -2.17. The molecule has 0 amide bonds. The van der Waals surface area contributed by atoms with Gasteiger partial charge >= 0.3 is 0 Å². The Morgan fingerprint density at radius 3 is 2.71 bits per heavy atom. The van der Waals surface area contributed by atoms with Gasteiger partial charge in [0.05, 0.1) is 5.71 Å². The van der Waals surface area contributed by atoms with Crippen LogP contribution in [0.5, 0.6) is 0 Å². The largest absolute Gasteiger partial charge is 0.369 e. The summed E-state index contributed by atoms with van der Waals surface area (Å²) < 4.78 is 0. The van der Waals surface area contributed by atoms with Gasteiger partial charge in [-0.25, -0.2) is 5.43 Å². The van der Waals surface area contributed by atoms with Crippen LogP contribution in [0.3, 0.4) is 0 Å². The standard InChI is InChI=1S/C12H16N4.ClH/c1-12(2)7-10(15-16-11(13)14)8-5-3-4-6-9(8)12;/h3-6H,7H2,1-2H3,(H4,13,14,16);1H. The molecular weight excluding hydrogens is 236 g/mol. The zero-order chi connectivity index (χ0) is 11.8. The number of benzene rings is 1. The molecule has 0 bridgehead atoms. The van der Waals surface area contributed by atoms with Crippen molar-refractivity contribution in [3.05, 3.63) is 35.4 Å². The van der Waals surface area contributed by atoms with Gasteiger partial charge in [-0.2, -0.15) is 5.10 Å². The molecule has 5 heteroatoms. The van der Waals surface area contributed by atoms with Gasteiger partial charge in [-0.1, -0.05) is 38.1 Å². The van der Waals surface area contributed by atoms with Gasteiger partial charge in [-0.05, 0) is 11.0 Å². The van der Waals surface area contributed by atoms with Crippen molar-refractivity contribution >= 4 is 24.1 Å². The fourth-order valence-electron chi connectivity index (χ4n) is 2.16. The fraction of sp³-hybridized carbons (Fsp3) is 0.333. The van der Waals surface area contributed by atoms with Gasteiger partial charge in [0.15, 0.2) is 0 Å². The summed E-state index contributed by atoms with van der Waals surface area (Å²) in [7, 11) is 0. The van der Waals surface area contributed by atoms with Crippen LogP contribution in [-0.2, 0) is 5.41 Å². The van der Waals surface area contributed by atoms with Gasteiger partial charge in [-0.3, -0.25) is 5.41 Å². The number of hydrazone groups is 1. The summed E-state index contributed by atoms with van der Waals surface area (Å²) in [5.41, 5.74) is 11.3. The normalized spacial score (nSPS) is 18.4. The zero-order valence-electron chi connectivity index (χ0n) is 9.95. The van der Waals surface area contributed by atoms with Crippen molar-refractivity contribution in [2.45, 2.75) is 25.7 Å². The maximum Gasteiger partial charge on any atom is 0.206 e. The van der Waals surface area contributed by atoms with E-state index >= 15 is 0 Å². The van der Waals surface area contributed by atoms with Crippen LogP contribution in [0.25, 0.3) is 0 Å². The van der Waals surface area contributed by atoms with Crippen LogP contribution in [-0.4, -0.2) is 11.7 Å². The average molecular weight is 253 g/mol. The molecule has 1 aliphatic rings. The number of nitrogens with one attached hydrogen (secondary N) is 2. The van der Waals surface area contributed by atoms with Crippen molar-refractivity contribution in [1.82, 2.24) is 5.43 Å². The first-order valence-corrected chi connectivity index (χ1v) is 5.27. The van der Waals surface area contributed by atoms with Crippen LogP contribution in [0.1, 0.15) is 31.4 Å². The molecule has 92 valence electrons. The smallest absolute Gasteiger partial charge is 0.206 e.